The minimum Gasteiger partial charge on any atom is -0.319 e. The Kier molecular flexibility index (Phi) is 4.91. The number of rotatable bonds is 4. The molecule has 4 aromatic rings. The second-order valence-electron chi connectivity index (χ2n) is 6.34. The molecule has 0 fully saturated rings. The standard InChI is InChI=1S/C22H17ClN4O/c1-15-10-12-18(13-11-15)24-22(28)20-25-21(16-6-3-2-4-7-16)27(26-20)19-9-5-8-17(23)14-19/h2-14H,1H3,(H,24,28). The lowest BCUT2D eigenvalue weighted by atomic mass is 10.2. The summed E-state index contributed by atoms with van der Waals surface area (Å²) in [6.07, 6.45) is 0. The molecule has 6 heteroatoms. The number of carbonyl (C=O) groups excluding carboxylic acids is 1. The number of hydrogen-bond donors (Lipinski definition) is 1. The smallest absolute Gasteiger partial charge is 0.295 e. The lowest BCUT2D eigenvalue weighted by molar-refractivity contribution is 0.101. The van der Waals surface area contributed by atoms with E-state index >= 15 is 0 Å². The molecule has 1 aromatic heterocycles. The van der Waals surface area contributed by atoms with Gasteiger partial charge in [0.2, 0.25) is 5.82 Å². The van der Waals surface area contributed by atoms with Gasteiger partial charge in [-0.3, -0.25) is 4.79 Å². The lowest BCUT2D eigenvalue weighted by Gasteiger charge is -2.06. The van der Waals surface area contributed by atoms with Crippen LogP contribution in [0.2, 0.25) is 5.02 Å². The molecule has 28 heavy (non-hydrogen) atoms. The highest BCUT2D eigenvalue weighted by Crippen LogP contribution is 2.23. The average Bonchev–Trinajstić information content (AvgIpc) is 3.16. The zero-order valence-corrected chi connectivity index (χ0v) is 15.9. The number of nitrogens with one attached hydrogen (secondary N) is 1. The van der Waals surface area contributed by atoms with Crippen molar-refractivity contribution in [2.45, 2.75) is 6.92 Å². The fraction of sp³-hybridized carbons (Fsp3) is 0.0455. The van der Waals surface area contributed by atoms with Crippen LogP contribution in [0.1, 0.15) is 16.2 Å². The van der Waals surface area contributed by atoms with E-state index in [1.165, 1.54) is 0 Å². The first-order chi connectivity index (χ1) is 13.6. The van der Waals surface area contributed by atoms with Crippen LogP contribution >= 0.6 is 11.6 Å². The van der Waals surface area contributed by atoms with E-state index in [1.54, 1.807) is 16.8 Å². The van der Waals surface area contributed by atoms with Crippen LogP contribution in [0.15, 0.2) is 78.9 Å². The van der Waals surface area contributed by atoms with Crippen molar-refractivity contribution in [1.29, 1.82) is 0 Å². The molecule has 0 bridgehead atoms. The normalized spacial score (nSPS) is 10.6. The van der Waals surface area contributed by atoms with Crippen molar-refractivity contribution >= 4 is 23.2 Å². The first-order valence-electron chi connectivity index (χ1n) is 8.76. The van der Waals surface area contributed by atoms with E-state index in [1.807, 2.05) is 73.7 Å². The maximum atomic E-state index is 12.7. The fourth-order valence-electron chi connectivity index (χ4n) is 2.79. The zero-order valence-electron chi connectivity index (χ0n) is 15.1. The van der Waals surface area contributed by atoms with E-state index < -0.39 is 0 Å². The second-order valence-corrected chi connectivity index (χ2v) is 6.77. The summed E-state index contributed by atoms with van der Waals surface area (Å²) in [7, 11) is 0. The van der Waals surface area contributed by atoms with Crippen molar-refractivity contribution in [3.05, 3.63) is 95.3 Å². The summed E-state index contributed by atoms with van der Waals surface area (Å²) in [6.45, 7) is 1.99. The van der Waals surface area contributed by atoms with Gasteiger partial charge < -0.3 is 5.32 Å². The quantitative estimate of drug-likeness (QED) is 0.526. The third kappa shape index (κ3) is 3.80. The summed E-state index contributed by atoms with van der Waals surface area (Å²) in [5.41, 5.74) is 3.39. The van der Waals surface area contributed by atoms with Crippen LogP contribution in [0.25, 0.3) is 17.1 Å². The van der Waals surface area contributed by atoms with Gasteiger partial charge in [-0.05, 0) is 37.3 Å². The maximum Gasteiger partial charge on any atom is 0.295 e. The Hall–Kier alpha value is -3.44. The van der Waals surface area contributed by atoms with Crippen LogP contribution in [0.3, 0.4) is 0 Å². The van der Waals surface area contributed by atoms with Gasteiger partial charge >= 0.3 is 0 Å². The molecule has 0 saturated heterocycles. The van der Waals surface area contributed by atoms with Gasteiger partial charge in [-0.1, -0.05) is 65.7 Å². The van der Waals surface area contributed by atoms with Crippen LogP contribution in [0.5, 0.6) is 0 Å². The largest absolute Gasteiger partial charge is 0.319 e. The zero-order chi connectivity index (χ0) is 19.5. The number of hydrogen-bond acceptors (Lipinski definition) is 3. The van der Waals surface area contributed by atoms with Crippen LogP contribution in [-0.2, 0) is 0 Å². The summed E-state index contributed by atoms with van der Waals surface area (Å²) in [6, 6.07) is 24.4. The third-order valence-electron chi connectivity index (χ3n) is 4.20. The Bertz CT molecular complexity index is 1120. The number of aryl methyl sites for hydroxylation is 1. The summed E-state index contributed by atoms with van der Waals surface area (Å²) < 4.78 is 1.63. The molecular formula is C22H17ClN4O. The van der Waals surface area contributed by atoms with Crippen LogP contribution in [0.4, 0.5) is 5.69 Å². The molecule has 138 valence electrons. The molecule has 1 heterocycles. The lowest BCUT2D eigenvalue weighted by Crippen LogP contribution is -2.14. The Labute approximate surface area is 167 Å². The molecular weight excluding hydrogens is 372 g/mol. The first kappa shape index (κ1) is 17.9. The van der Waals surface area contributed by atoms with E-state index in [9.17, 15) is 4.79 Å². The van der Waals surface area contributed by atoms with E-state index in [0.717, 1.165) is 16.8 Å². The Balaban J connectivity index is 1.74. The van der Waals surface area contributed by atoms with Crippen molar-refractivity contribution in [1.82, 2.24) is 14.8 Å². The van der Waals surface area contributed by atoms with Crippen LogP contribution in [0, 0.1) is 6.92 Å². The molecule has 0 radical (unpaired) electrons. The van der Waals surface area contributed by atoms with E-state index in [-0.39, 0.29) is 11.7 Å². The average molecular weight is 389 g/mol. The first-order valence-corrected chi connectivity index (χ1v) is 9.14. The van der Waals surface area contributed by atoms with Gasteiger partial charge in [0.15, 0.2) is 5.82 Å². The summed E-state index contributed by atoms with van der Waals surface area (Å²) in [4.78, 5) is 17.2. The number of aromatic nitrogens is 3. The Morgan fingerprint density at radius 2 is 1.71 bits per heavy atom. The molecule has 0 aliphatic carbocycles. The van der Waals surface area contributed by atoms with Gasteiger partial charge in [0.25, 0.3) is 5.91 Å². The summed E-state index contributed by atoms with van der Waals surface area (Å²) >= 11 is 6.14. The molecule has 4 rings (SSSR count). The van der Waals surface area contributed by atoms with E-state index in [2.05, 4.69) is 15.4 Å². The van der Waals surface area contributed by atoms with Gasteiger partial charge in [0.1, 0.15) is 0 Å². The molecule has 1 amide bonds. The van der Waals surface area contributed by atoms with Crippen molar-refractivity contribution in [3.8, 4) is 17.1 Å². The number of carbonyl (C=O) groups is 1. The Morgan fingerprint density at radius 1 is 0.964 bits per heavy atom. The number of benzene rings is 3. The Morgan fingerprint density at radius 3 is 2.43 bits per heavy atom. The molecule has 0 saturated carbocycles. The van der Waals surface area contributed by atoms with Crippen molar-refractivity contribution in [2.75, 3.05) is 5.32 Å². The number of amides is 1. The van der Waals surface area contributed by atoms with Crippen molar-refractivity contribution < 1.29 is 4.79 Å². The summed E-state index contributed by atoms with van der Waals surface area (Å²) in [5.74, 6) is 0.276. The highest BCUT2D eigenvalue weighted by molar-refractivity contribution is 6.30. The highest BCUT2D eigenvalue weighted by atomic mass is 35.5. The van der Waals surface area contributed by atoms with Gasteiger partial charge in [0.05, 0.1) is 5.69 Å². The van der Waals surface area contributed by atoms with Gasteiger partial charge in [-0.15, -0.1) is 5.10 Å². The summed E-state index contributed by atoms with van der Waals surface area (Å²) in [5, 5.41) is 7.86. The maximum absolute atomic E-state index is 12.7. The molecule has 0 unspecified atom stereocenters. The van der Waals surface area contributed by atoms with Crippen LogP contribution < -0.4 is 5.32 Å². The van der Waals surface area contributed by atoms with E-state index in [4.69, 9.17) is 11.6 Å². The SMILES string of the molecule is Cc1ccc(NC(=O)c2nc(-c3ccccc3)n(-c3cccc(Cl)c3)n2)cc1. The highest BCUT2D eigenvalue weighted by Gasteiger charge is 2.19. The van der Waals surface area contributed by atoms with Gasteiger partial charge in [0, 0.05) is 16.3 Å². The molecule has 0 aliphatic rings. The predicted octanol–water partition coefficient (Wildman–Crippen LogP) is 5.15. The third-order valence-corrected chi connectivity index (χ3v) is 4.44. The molecule has 1 N–H and O–H groups in total. The minimum atomic E-state index is -0.373. The second kappa shape index (κ2) is 7.66. The van der Waals surface area contributed by atoms with Crippen molar-refractivity contribution in [2.24, 2.45) is 0 Å². The van der Waals surface area contributed by atoms with Crippen LogP contribution in [-0.4, -0.2) is 20.7 Å². The predicted molar refractivity (Wildman–Crippen MR) is 111 cm³/mol. The number of halogens is 1. The molecule has 5 nitrogen and oxygen atoms in total. The van der Waals surface area contributed by atoms with Crippen molar-refractivity contribution in [3.63, 3.8) is 0 Å². The number of anilines is 1. The van der Waals surface area contributed by atoms with Gasteiger partial charge in [-0.25, -0.2) is 9.67 Å². The minimum absolute atomic E-state index is 0.0828. The topological polar surface area (TPSA) is 59.8 Å². The molecule has 0 spiro atoms. The molecule has 0 atom stereocenters. The van der Waals surface area contributed by atoms with E-state index in [0.29, 0.717) is 16.5 Å². The number of nitrogens with zero attached hydrogens (tertiary/aromatic N) is 3. The molecule has 0 aliphatic heterocycles. The fourth-order valence-corrected chi connectivity index (χ4v) is 2.98. The van der Waals surface area contributed by atoms with Gasteiger partial charge in [-0.2, -0.15) is 0 Å². The monoisotopic (exact) mass is 388 g/mol. The molecule has 3 aromatic carbocycles.